The first-order valence-electron chi connectivity index (χ1n) is 4.49. The molecule has 0 heterocycles. The van der Waals surface area contributed by atoms with Crippen LogP contribution in [0.3, 0.4) is 0 Å². The molecule has 0 aromatic carbocycles. The molecule has 0 bridgehead atoms. The third kappa shape index (κ3) is 3.09. The number of carbonyl (C=O) groups excluding carboxylic acids is 1. The summed E-state index contributed by atoms with van der Waals surface area (Å²) in [5.41, 5.74) is 0.452. The van der Waals surface area contributed by atoms with Crippen molar-refractivity contribution in [1.82, 2.24) is 5.32 Å². The van der Waals surface area contributed by atoms with Gasteiger partial charge in [-0.25, -0.2) is 0 Å². The van der Waals surface area contributed by atoms with Gasteiger partial charge in [0.25, 0.3) is 0 Å². The fraction of sp³-hybridized carbons (Fsp3) is 0.364. The number of carbonyl (C=O) groups is 1. The molecule has 0 aromatic rings. The molecule has 14 heavy (non-hydrogen) atoms. The van der Waals surface area contributed by atoms with E-state index >= 15 is 0 Å². The number of rotatable bonds is 1. The molecule has 0 spiro atoms. The van der Waals surface area contributed by atoms with E-state index in [2.05, 4.69) is 5.32 Å². The molecule has 1 amide bonds. The molecule has 0 atom stereocenters. The summed E-state index contributed by atoms with van der Waals surface area (Å²) < 4.78 is 0. The van der Waals surface area contributed by atoms with Gasteiger partial charge in [0.15, 0.2) is 0 Å². The van der Waals surface area contributed by atoms with E-state index in [0.29, 0.717) is 5.70 Å². The standard InChI is InChI=1S/C11H15NO2/c1-8(13)12-9-4-5-10(14)7-11(2,3)6-9/h4-7,14H,1-3H3,(H,12,13). The number of amides is 1. The lowest BCUT2D eigenvalue weighted by molar-refractivity contribution is -0.118. The van der Waals surface area contributed by atoms with Crippen molar-refractivity contribution in [3.8, 4) is 0 Å². The number of aliphatic hydroxyl groups is 1. The minimum atomic E-state index is -0.259. The maximum absolute atomic E-state index is 10.9. The van der Waals surface area contributed by atoms with E-state index < -0.39 is 0 Å². The lowest BCUT2D eigenvalue weighted by atomic mass is 9.92. The van der Waals surface area contributed by atoms with Gasteiger partial charge in [0.05, 0.1) is 0 Å². The summed E-state index contributed by atoms with van der Waals surface area (Å²) in [5, 5.41) is 12.1. The highest BCUT2D eigenvalue weighted by molar-refractivity contribution is 5.75. The maximum atomic E-state index is 10.9. The van der Waals surface area contributed by atoms with Crippen LogP contribution in [0.1, 0.15) is 20.8 Å². The molecule has 0 aliphatic heterocycles. The van der Waals surface area contributed by atoms with E-state index in [4.69, 9.17) is 0 Å². The summed E-state index contributed by atoms with van der Waals surface area (Å²) in [5.74, 6) is 0.102. The van der Waals surface area contributed by atoms with Crippen molar-refractivity contribution in [3.05, 3.63) is 35.8 Å². The van der Waals surface area contributed by atoms with Crippen LogP contribution in [0.2, 0.25) is 0 Å². The van der Waals surface area contributed by atoms with Crippen LogP contribution >= 0.6 is 0 Å². The Morgan fingerprint density at radius 2 is 2.00 bits per heavy atom. The highest BCUT2D eigenvalue weighted by Crippen LogP contribution is 2.25. The van der Waals surface area contributed by atoms with Gasteiger partial charge < -0.3 is 10.4 Å². The zero-order valence-electron chi connectivity index (χ0n) is 8.66. The third-order valence-corrected chi connectivity index (χ3v) is 1.80. The van der Waals surface area contributed by atoms with Gasteiger partial charge in [0.2, 0.25) is 5.91 Å². The monoisotopic (exact) mass is 193 g/mol. The molecule has 1 aliphatic carbocycles. The number of hydrogen-bond acceptors (Lipinski definition) is 2. The first-order chi connectivity index (χ1) is 6.39. The Kier molecular flexibility index (Phi) is 2.79. The van der Waals surface area contributed by atoms with Crippen molar-refractivity contribution < 1.29 is 9.90 Å². The quantitative estimate of drug-likeness (QED) is 0.669. The molecule has 1 rings (SSSR count). The molecule has 0 radical (unpaired) electrons. The molecule has 0 unspecified atom stereocenters. The fourth-order valence-electron chi connectivity index (χ4n) is 1.38. The molecule has 0 saturated heterocycles. The average Bonchev–Trinajstić information content (AvgIpc) is 2.07. The molecule has 1 aliphatic rings. The van der Waals surface area contributed by atoms with E-state index in [-0.39, 0.29) is 17.1 Å². The van der Waals surface area contributed by atoms with Crippen LogP contribution in [0.25, 0.3) is 0 Å². The first-order valence-corrected chi connectivity index (χ1v) is 4.49. The van der Waals surface area contributed by atoms with Gasteiger partial charge in [-0.2, -0.15) is 0 Å². The summed E-state index contributed by atoms with van der Waals surface area (Å²) in [6.45, 7) is 5.37. The Morgan fingerprint density at radius 1 is 1.36 bits per heavy atom. The Morgan fingerprint density at radius 3 is 2.57 bits per heavy atom. The fourth-order valence-corrected chi connectivity index (χ4v) is 1.38. The summed E-state index contributed by atoms with van der Waals surface area (Å²) >= 11 is 0. The van der Waals surface area contributed by atoms with Crippen molar-refractivity contribution in [2.75, 3.05) is 0 Å². The van der Waals surface area contributed by atoms with Crippen molar-refractivity contribution >= 4 is 5.91 Å². The molecule has 3 nitrogen and oxygen atoms in total. The zero-order valence-corrected chi connectivity index (χ0v) is 8.66. The molecule has 3 heteroatoms. The molecule has 0 fully saturated rings. The number of aliphatic hydroxyl groups excluding tert-OH is 1. The van der Waals surface area contributed by atoms with E-state index in [9.17, 15) is 9.90 Å². The minimum absolute atomic E-state index is 0.113. The van der Waals surface area contributed by atoms with E-state index in [1.165, 1.54) is 6.92 Å². The average molecular weight is 193 g/mol. The van der Waals surface area contributed by atoms with Gasteiger partial charge in [0.1, 0.15) is 5.76 Å². The molecular formula is C11H15NO2. The Hall–Kier alpha value is -1.51. The van der Waals surface area contributed by atoms with Crippen LogP contribution < -0.4 is 5.32 Å². The molecule has 2 N–H and O–H groups in total. The SMILES string of the molecule is CC(=O)NC1=CC(C)(C)C=C(O)C=C1. The Labute approximate surface area is 83.8 Å². The van der Waals surface area contributed by atoms with Gasteiger partial charge in [-0.05, 0) is 18.2 Å². The van der Waals surface area contributed by atoms with Crippen molar-refractivity contribution in [3.63, 3.8) is 0 Å². The van der Waals surface area contributed by atoms with Crippen LogP contribution in [-0.4, -0.2) is 11.0 Å². The van der Waals surface area contributed by atoms with Crippen LogP contribution in [0.4, 0.5) is 0 Å². The van der Waals surface area contributed by atoms with Crippen LogP contribution in [-0.2, 0) is 4.79 Å². The predicted octanol–water partition coefficient (Wildman–Crippen LogP) is 2.04. The van der Waals surface area contributed by atoms with Crippen LogP contribution in [0.5, 0.6) is 0 Å². The lowest BCUT2D eigenvalue weighted by Gasteiger charge is -2.15. The Balaban J connectivity index is 2.94. The lowest BCUT2D eigenvalue weighted by Crippen LogP contribution is -2.19. The highest BCUT2D eigenvalue weighted by atomic mass is 16.3. The van der Waals surface area contributed by atoms with E-state index in [1.54, 1.807) is 18.2 Å². The van der Waals surface area contributed by atoms with E-state index in [0.717, 1.165) is 0 Å². The molecular weight excluding hydrogens is 178 g/mol. The summed E-state index contributed by atoms with van der Waals surface area (Å²) in [6.07, 6.45) is 6.88. The smallest absolute Gasteiger partial charge is 0.221 e. The van der Waals surface area contributed by atoms with Gasteiger partial charge in [-0.1, -0.05) is 19.9 Å². The van der Waals surface area contributed by atoms with E-state index in [1.807, 2.05) is 19.9 Å². The number of nitrogens with one attached hydrogen (secondary N) is 1. The van der Waals surface area contributed by atoms with Gasteiger partial charge in [0, 0.05) is 18.0 Å². The summed E-state index contributed by atoms with van der Waals surface area (Å²) in [6, 6.07) is 0. The zero-order chi connectivity index (χ0) is 10.8. The normalized spacial score (nSPS) is 19.4. The predicted molar refractivity (Wildman–Crippen MR) is 55.5 cm³/mol. The number of allylic oxidation sites excluding steroid dienone is 4. The largest absolute Gasteiger partial charge is 0.508 e. The number of hydrogen-bond donors (Lipinski definition) is 2. The third-order valence-electron chi connectivity index (χ3n) is 1.80. The van der Waals surface area contributed by atoms with Crippen LogP contribution in [0, 0.1) is 5.41 Å². The second-order valence-electron chi connectivity index (χ2n) is 4.00. The molecule has 0 aromatic heterocycles. The second kappa shape index (κ2) is 3.70. The van der Waals surface area contributed by atoms with Crippen LogP contribution in [0.15, 0.2) is 35.8 Å². The summed E-state index contributed by atoms with van der Waals surface area (Å²) in [4.78, 5) is 10.9. The van der Waals surface area contributed by atoms with Gasteiger partial charge in [-0.15, -0.1) is 0 Å². The van der Waals surface area contributed by atoms with Gasteiger partial charge in [-0.3, -0.25) is 4.79 Å². The van der Waals surface area contributed by atoms with Crippen molar-refractivity contribution in [2.24, 2.45) is 5.41 Å². The van der Waals surface area contributed by atoms with Gasteiger partial charge >= 0.3 is 0 Å². The highest BCUT2D eigenvalue weighted by Gasteiger charge is 2.15. The topological polar surface area (TPSA) is 49.3 Å². The van der Waals surface area contributed by atoms with Crippen molar-refractivity contribution in [2.45, 2.75) is 20.8 Å². The minimum Gasteiger partial charge on any atom is -0.508 e. The second-order valence-corrected chi connectivity index (χ2v) is 4.00. The molecule has 76 valence electrons. The maximum Gasteiger partial charge on any atom is 0.221 e. The first kappa shape index (κ1) is 10.6. The van der Waals surface area contributed by atoms with Crippen molar-refractivity contribution in [1.29, 1.82) is 0 Å². The Bertz CT molecular complexity index is 335. The molecule has 0 saturated carbocycles. The summed E-state index contributed by atoms with van der Waals surface area (Å²) in [7, 11) is 0.